The molecule has 0 aromatic heterocycles. The molecular formula is C13H22O2. The summed E-state index contributed by atoms with van der Waals surface area (Å²) in [4.78, 5) is 11.5. The highest BCUT2D eigenvalue weighted by Crippen LogP contribution is 2.34. The minimum atomic E-state index is 0.0290. The number of hydrogen-bond donors (Lipinski definition) is 0. The highest BCUT2D eigenvalue weighted by Gasteiger charge is 2.30. The zero-order valence-corrected chi connectivity index (χ0v) is 9.71. The van der Waals surface area contributed by atoms with Crippen molar-refractivity contribution in [1.29, 1.82) is 0 Å². The normalized spacial score (nSPS) is 24.1. The number of hydrogen-bond acceptors (Lipinski definition) is 2. The van der Waals surface area contributed by atoms with E-state index in [2.05, 4.69) is 0 Å². The Kier molecular flexibility index (Phi) is 3.66. The van der Waals surface area contributed by atoms with E-state index in [1.54, 1.807) is 0 Å². The lowest BCUT2D eigenvalue weighted by Gasteiger charge is -2.13. The largest absolute Gasteiger partial charge is 0.462 e. The fourth-order valence-corrected chi connectivity index (χ4v) is 2.55. The SMILES string of the molecule is CC(OC(=O)CCC1CCCC1)C1CC1. The van der Waals surface area contributed by atoms with Crippen LogP contribution in [0.2, 0.25) is 0 Å². The maximum atomic E-state index is 11.5. The van der Waals surface area contributed by atoms with Crippen LogP contribution in [0, 0.1) is 11.8 Å². The summed E-state index contributed by atoms with van der Waals surface area (Å²) in [5.74, 6) is 1.50. The minimum absolute atomic E-state index is 0.0290. The van der Waals surface area contributed by atoms with Crippen LogP contribution in [-0.4, -0.2) is 12.1 Å². The second kappa shape index (κ2) is 5.00. The molecule has 2 aliphatic carbocycles. The van der Waals surface area contributed by atoms with Gasteiger partial charge in [0.1, 0.15) is 6.10 Å². The first-order valence-electron chi connectivity index (χ1n) is 6.45. The van der Waals surface area contributed by atoms with Crippen molar-refractivity contribution in [2.24, 2.45) is 11.8 Å². The summed E-state index contributed by atoms with van der Waals surface area (Å²) in [7, 11) is 0. The van der Waals surface area contributed by atoms with Crippen LogP contribution in [0.1, 0.15) is 58.3 Å². The Balaban J connectivity index is 1.59. The van der Waals surface area contributed by atoms with Crippen molar-refractivity contribution in [1.82, 2.24) is 0 Å². The van der Waals surface area contributed by atoms with Crippen molar-refractivity contribution in [3.63, 3.8) is 0 Å². The molecule has 2 rings (SSSR count). The van der Waals surface area contributed by atoms with E-state index >= 15 is 0 Å². The predicted octanol–water partition coefficient (Wildman–Crippen LogP) is 3.30. The quantitative estimate of drug-likeness (QED) is 0.651. The third-order valence-corrected chi connectivity index (χ3v) is 3.83. The smallest absolute Gasteiger partial charge is 0.306 e. The second-order valence-electron chi connectivity index (χ2n) is 5.22. The average Bonchev–Trinajstić information content (AvgIpc) is 2.93. The van der Waals surface area contributed by atoms with E-state index in [0.717, 1.165) is 12.3 Å². The van der Waals surface area contributed by atoms with Crippen LogP contribution in [-0.2, 0) is 9.53 Å². The lowest BCUT2D eigenvalue weighted by Crippen LogP contribution is -2.17. The lowest BCUT2D eigenvalue weighted by molar-refractivity contribution is -0.149. The average molecular weight is 210 g/mol. The number of esters is 1. The van der Waals surface area contributed by atoms with Gasteiger partial charge in [-0.25, -0.2) is 0 Å². The molecule has 0 aromatic rings. The molecule has 0 N–H and O–H groups in total. The van der Waals surface area contributed by atoms with Crippen molar-refractivity contribution >= 4 is 5.97 Å². The van der Waals surface area contributed by atoms with E-state index in [1.165, 1.54) is 38.5 Å². The summed E-state index contributed by atoms with van der Waals surface area (Å²) >= 11 is 0. The topological polar surface area (TPSA) is 26.3 Å². The molecule has 0 heterocycles. The molecule has 86 valence electrons. The van der Waals surface area contributed by atoms with Gasteiger partial charge in [0, 0.05) is 6.42 Å². The van der Waals surface area contributed by atoms with Gasteiger partial charge in [0.25, 0.3) is 0 Å². The fraction of sp³-hybridized carbons (Fsp3) is 0.923. The van der Waals surface area contributed by atoms with Gasteiger partial charge >= 0.3 is 5.97 Å². The molecule has 2 nitrogen and oxygen atoms in total. The summed E-state index contributed by atoms with van der Waals surface area (Å²) in [6, 6.07) is 0. The molecule has 1 unspecified atom stereocenters. The molecule has 0 saturated heterocycles. The van der Waals surface area contributed by atoms with Crippen molar-refractivity contribution in [2.75, 3.05) is 0 Å². The van der Waals surface area contributed by atoms with Gasteiger partial charge in [-0.05, 0) is 38.0 Å². The van der Waals surface area contributed by atoms with Crippen LogP contribution < -0.4 is 0 Å². The molecule has 0 radical (unpaired) electrons. The Morgan fingerprint density at radius 1 is 1.27 bits per heavy atom. The summed E-state index contributed by atoms with van der Waals surface area (Å²) in [5.41, 5.74) is 0. The maximum Gasteiger partial charge on any atom is 0.306 e. The summed E-state index contributed by atoms with van der Waals surface area (Å²) in [6.45, 7) is 2.03. The Labute approximate surface area is 92.4 Å². The summed E-state index contributed by atoms with van der Waals surface area (Å²) in [5, 5.41) is 0. The number of ether oxygens (including phenoxy) is 1. The molecule has 0 amide bonds. The predicted molar refractivity (Wildman–Crippen MR) is 59.5 cm³/mol. The lowest BCUT2D eigenvalue weighted by atomic mass is 10.0. The Bertz CT molecular complexity index is 215. The van der Waals surface area contributed by atoms with Crippen molar-refractivity contribution in [2.45, 2.75) is 64.4 Å². The zero-order valence-electron chi connectivity index (χ0n) is 9.71. The van der Waals surface area contributed by atoms with Gasteiger partial charge in [-0.15, -0.1) is 0 Å². The number of carbonyl (C=O) groups is 1. The molecule has 2 heteroatoms. The van der Waals surface area contributed by atoms with Crippen molar-refractivity contribution in [3.05, 3.63) is 0 Å². The third kappa shape index (κ3) is 3.51. The molecule has 2 saturated carbocycles. The molecule has 2 aliphatic rings. The first-order chi connectivity index (χ1) is 7.25. The van der Waals surface area contributed by atoms with Crippen molar-refractivity contribution < 1.29 is 9.53 Å². The van der Waals surface area contributed by atoms with E-state index in [1.807, 2.05) is 6.92 Å². The van der Waals surface area contributed by atoms with Gasteiger partial charge < -0.3 is 4.74 Å². The second-order valence-corrected chi connectivity index (χ2v) is 5.22. The fourth-order valence-electron chi connectivity index (χ4n) is 2.55. The monoisotopic (exact) mass is 210 g/mol. The van der Waals surface area contributed by atoms with Gasteiger partial charge in [-0.1, -0.05) is 25.7 Å². The Hall–Kier alpha value is -0.530. The van der Waals surface area contributed by atoms with Gasteiger partial charge in [0.2, 0.25) is 0 Å². The van der Waals surface area contributed by atoms with Gasteiger partial charge in [0.15, 0.2) is 0 Å². The molecule has 0 aromatic carbocycles. The first kappa shape index (κ1) is 11.0. The van der Waals surface area contributed by atoms with Gasteiger partial charge in [-0.2, -0.15) is 0 Å². The van der Waals surface area contributed by atoms with E-state index < -0.39 is 0 Å². The standard InChI is InChI=1S/C13H22O2/c1-10(12-7-8-12)15-13(14)9-6-11-4-2-3-5-11/h10-12H,2-9H2,1H3. The molecule has 15 heavy (non-hydrogen) atoms. The van der Waals surface area contributed by atoms with E-state index in [-0.39, 0.29) is 12.1 Å². The highest BCUT2D eigenvalue weighted by atomic mass is 16.5. The van der Waals surface area contributed by atoms with Gasteiger partial charge in [-0.3, -0.25) is 4.79 Å². The third-order valence-electron chi connectivity index (χ3n) is 3.83. The summed E-state index contributed by atoms with van der Waals surface area (Å²) in [6.07, 6.45) is 9.72. The molecule has 0 aliphatic heterocycles. The molecule has 1 atom stereocenters. The van der Waals surface area contributed by atoms with E-state index in [9.17, 15) is 4.79 Å². The zero-order chi connectivity index (χ0) is 10.7. The summed E-state index contributed by atoms with van der Waals surface area (Å²) < 4.78 is 5.40. The molecule has 2 fully saturated rings. The van der Waals surface area contributed by atoms with Crippen LogP contribution in [0.3, 0.4) is 0 Å². The first-order valence-corrected chi connectivity index (χ1v) is 6.45. The molecule has 0 spiro atoms. The van der Waals surface area contributed by atoms with Crippen molar-refractivity contribution in [3.8, 4) is 0 Å². The van der Waals surface area contributed by atoms with Gasteiger partial charge in [0.05, 0.1) is 0 Å². The maximum absolute atomic E-state index is 11.5. The Morgan fingerprint density at radius 2 is 1.93 bits per heavy atom. The van der Waals surface area contributed by atoms with E-state index in [4.69, 9.17) is 4.74 Å². The highest BCUT2D eigenvalue weighted by molar-refractivity contribution is 5.69. The van der Waals surface area contributed by atoms with Crippen LogP contribution in [0.15, 0.2) is 0 Å². The number of carbonyl (C=O) groups excluding carboxylic acids is 1. The van der Waals surface area contributed by atoms with Crippen LogP contribution in [0.5, 0.6) is 0 Å². The Morgan fingerprint density at radius 3 is 2.53 bits per heavy atom. The van der Waals surface area contributed by atoms with Crippen LogP contribution >= 0.6 is 0 Å². The molecular weight excluding hydrogens is 188 g/mol. The van der Waals surface area contributed by atoms with Crippen LogP contribution in [0.25, 0.3) is 0 Å². The molecule has 0 bridgehead atoms. The van der Waals surface area contributed by atoms with E-state index in [0.29, 0.717) is 12.3 Å². The minimum Gasteiger partial charge on any atom is -0.462 e. The van der Waals surface area contributed by atoms with Crippen LogP contribution in [0.4, 0.5) is 0 Å². The number of rotatable bonds is 5.